The van der Waals surface area contributed by atoms with Crippen LogP contribution in [-0.4, -0.2) is 17.1 Å². The Morgan fingerprint density at radius 2 is 2.12 bits per heavy atom. The number of aromatic hydroxyl groups is 1. The SMILES string of the molecule is CCC(NC(=O)c1c(O)cccc1F)C(C)C. The Kier molecular flexibility index (Phi) is 4.49. The molecule has 1 unspecified atom stereocenters. The molecule has 0 aliphatic heterocycles. The second kappa shape index (κ2) is 5.66. The molecule has 17 heavy (non-hydrogen) atoms. The minimum Gasteiger partial charge on any atom is -0.507 e. The summed E-state index contributed by atoms with van der Waals surface area (Å²) in [5.41, 5.74) is -0.286. The second-order valence-corrected chi connectivity index (χ2v) is 4.37. The molecule has 0 aliphatic carbocycles. The van der Waals surface area contributed by atoms with Crippen LogP contribution in [0, 0.1) is 11.7 Å². The van der Waals surface area contributed by atoms with Crippen LogP contribution in [0.5, 0.6) is 5.75 Å². The molecular formula is C13H18FNO2. The quantitative estimate of drug-likeness (QED) is 0.848. The van der Waals surface area contributed by atoms with E-state index in [0.29, 0.717) is 0 Å². The maximum atomic E-state index is 13.4. The number of halogens is 1. The monoisotopic (exact) mass is 239 g/mol. The van der Waals surface area contributed by atoms with E-state index in [1.54, 1.807) is 0 Å². The zero-order valence-electron chi connectivity index (χ0n) is 10.3. The average molecular weight is 239 g/mol. The van der Waals surface area contributed by atoms with Gasteiger partial charge in [0.1, 0.15) is 17.1 Å². The third-order valence-corrected chi connectivity index (χ3v) is 2.78. The van der Waals surface area contributed by atoms with E-state index >= 15 is 0 Å². The van der Waals surface area contributed by atoms with E-state index in [1.807, 2.05) is 20.8 Å². The normalized spacial score (nSPS) is 12.5. The lowest BCUT2D eigenvalue weighted by Gasteiger charge is -2.21. The molecule has 3 nitrogen and oxygen atoms in total. The molecule has 1 aromatic carbocycles. The lowest BCUT2D eigenvalue weighted by molar-refractivity contribution is 0.0917. The zero-order chi connectivity index (χ0) is 13.0. The Morgan fingerprint density at radius 3 is 2.59 bits per heavy atom. The van der Waals surface area contributed by atoms with E-state index in [2.05, 4.69) is 5.32 Å². The molecule has 0 saturated heterocycles. The number of phenols is 1. The predicted molar refractivity (Wildman–Crippen MR) is 64.4 cm³/mol. The summed E-state index contributed by atoms with van der Waals surface area (Å²) in [6.45, 7) is 5.91. The second-order valence-electron chi connectivity index (χ2n) is 4.37. The fourth-order valence-corrected chi connectivity index (χ4v) is 1.72. The highest BCUT2D eigenvalue weighted by Gasteiger charge is 2.20. The summed E-state index contributed by atoms with van der Waals surface area (Å²) < 4.78 is 13.4. The number of carbonyl (C=O) groups excluding carboxylic acids is 1. The first-order valence-corrected chi connectivity index (χ1v) is 5.75. The average Bonchev–Trinajstić information content (AvgIpc) is 2.25. The van der Waals surface area contributed by atoms with Gasteiger partial charge in [-0.1, -0.05) is 26.8 Å². The minimum absolute atomic E-state index is 0.0264. The lowest BCUT2D eigenvalue weighted by atomic mass is 10.0. The van der Waals surface area contributed by atoms with Crippen LogP contribution in [0.2, 0.25) is 0 Å². The van der Waals surface area contributed by atoms with Gasteiger partial charge < -0.3 is 10.4 Å². The van der Waals surface area contributed by atoms with Crippen molar-refractivity contribution in [1.82, 2.24) is 5.32 Å². The van der Waals surface area contributed by atoms with Crippen LogP contribution < -0.4 is 5.32 Å². The first kappa shape index (κ1) is 13.5. The summed E-state index contributed by atoms with van der Waals surface area (Å²) in [6.07, 6.45) is 0.763. The molecule has 1 rings (SSSR count). The van der Waals surface area contributed by atoms with Gasteiger partial charge in [0.2, 0.25) is 0 Å². The first-order valence-electron chi connectivity index (χ1n) is 5.75. The Balaban J connectivity index is 2.90. The maximum absolute atomic E-state index is 13.4. The van der Waals surface area contributed by atoms with Crippen LogP contribution >= 0.6 is 0 Å². The number of benzene rings is 1. The highest BCUT2D eigenvalue weighted by Crippen LogP contribution is 2.20. The molecule has 4 heteroatoms. The van der Waals surface area contributed by atoms with Crippen molar-refractivity contribution in [3.8, 4) is 5.75 Å². The van der Waals surface area contributed by atoms with Crippen molar-refractivity contribution < 1.29 is 14.3 Å². The van der Waals surface area contributed by atoms with Crippen LogP contribution in [0.3, 0.4) is 0 Å². The van der Waals surface area contributed by atoms with Gasteiger partial charge >= 0.3 is 0 Å². The minimum atomic E-state index is -0.707. The van der Waals surface area contributed by atoms with Gasteiger partial charge in [-0.3, -0.25) is 4.79 Å². The molecule has 1 aromatic rings. The lowest BCUT2D eigenvalue weighted by Crippen LogP contribution is -2.38. The molecule has 0 fully saturated rings. The molecule has 0 saturated carbocycles. The Morgan fingerprint density at radius 1 is 1.47 bits per heavy atom. The third-order valence-electron chi connectivity index (χ3n) is 2.78. The zero-order valence-corrected chi connectivity index (χ0v) is 10.3. The van der Waals surface area contributed by atoms with Crippen molar-refractivity contribution in [2.75, 3.05) is 0 Å². The van der Waals surface area contributed by atoms with Crippen LogP contribution in [0.1, 0.15) is 37.6 Å². The molecule has 0 bridgehead atoms. The maximum Gasteiger partial charge on any atom is 0.258 e. The molecule has 0 aliphatic rings. The third kappa shape index (κ3) is 3.19. The molecule has 0 heterocycles. The Labute approximate surface area is 101 Å². The largest absolute Gasteiger partial charge is 0.507 e. The highest BCUT2D eigenvalue weighted by molar-refractivity contribution is 5.97. The number of phenolic OH excluding ortho intramolecular Hbond substituents is 1. The summed E-state index contributed by atoms with van der Waals surface area (Å²) >= 11 is 0. The van der Waals surface area contributed by atoms with Gasteiger partial charge in [0.25, 0.3) is 5.91 Å². The number of amides is 1. The summed E-state index contributed by atoms with van der Waals surface area (Å²) in [7, 11) is 0. The van der Waals surface area contributed by atoms with Gasteiger partial charge in [-0.25, -0.2) is 4.39 Å². The van der Waals surface area contributed by atoms with Crippen LogP contribution in [0.4, 0.5) is 4.39 Å². The van der Waals surface area contributed by atoms with Gasteiger partial charge in [-0.05, 0) is 24.5 Å². The molecule has 1 atom stereocenters. The van der Waals surface area contributed by atoms with E-state index in [9.17, 15) is 14.3 Å². The van der Waals surface area contributed by atoms with E-state index < -0.39 is 11.7 Å². The summed E-state index contributed by atoms with van der Waals surface area (Å²) in [6, 6.07) is 3.79. The predicted octanol–water partition coefficient (Wildman–Crippen LogP) is 2.70. The van der Waals surface area contributed by atoms with Crippen LogP contribution in [-0.2, 0) is 0 Å². The standard InChI is InChI=1S/C13H18FNO2/c1-4-10(8(2)3)15-13(17)12-9(14)6-5-7-11(12)16/h5-8,10,16H,4H2,1-3H3,(H,15,17). The molecule has 1 amide bonds. The fourth-order valence-electron chi connectivity index (χ4n) is 1.72. The van der Waals surface area contributed by atoms with Crippen molar-refractivity contribution in [3.63, 3.8) is 0 Å². The topological polar surface area (TPSA) is 49.3 Å². The molecule has 2 N–H and O–H groups in total. The van der Waals surface area contributed by atoms with Crippen molar-refractivity contribution in [1.29, 1.82) is 0 Å². The van der Waals surface area contributed by atoms with Gasteiger partial charge in [0, 0.05) is 6.04 Å². The van der Waals surface area contributed by atoms with Crippen LogP contribution in [0.15, 0.2) is 18.2 Å². The fraction of sp³-hybridized carbons (Fsp3) is 0.462. The first-order chi connectivity index (χ1) is 7.97. The smallest absolute Gasteiger partial charge is 0.258 e. The molecular weight excluding hydrogens is 221 g/mol. The number of hydrogen-bond acceptors (Lipinski definition) is 2. The molecule has 94 valence electrons. The van der Waals surface area contributed by atoms with Gasteiger partial charge in [0.05, 0.1) is 0 Å². The van der Waals surface area contributed by atoms with Crippen molar-refractivity contribution in [2.24, 2.45) is 5.92 Å². The van der Waals surface area contributed by atoms with Gasteiger partial charge in [-0.15, -0.1) is 0 Å². The molecule has 0 spiro atoms. The molecule has 0 aromatic heterocycles. The number of hydrogen-bond donors (Lipinski definition) is 2. The molecule has 0 radical (unpaired) electrons. The number of rotatable bonds is 4. The van der Waals surface area contributed by atoms with Crippen molar-refractivity contribution >= 4 is 5.91 Å². The van der Waals surface area contributed by atoms with Crippen molar-refractivity contribution in [2.45, 2.75) is 33.2 Å². The van der Waals surface area contributed by atoms with Gasteiger partial charge in [-0.2, -0.15) is 0 Å². The van der Waals surface area contributed by atoms with E-state index in [1.165, 1.54) is 12.1 Å². The van der Waals surface area contributed by atoms with E-state index in [-0.39, 0.29) is 23.3 Å². The van der Waals surface area contributed by atoms with Crippen LogP contribution in [0.25, 0.3) is 0 Å². The van der Waals surface area contributed by atoms with Gasteiger partial charge in [0.15, 0.2) is 0 Å². The summed E-state index contributed by atoms with van der Waals surface area (Å²) in [5.74, 6) is -1.35. The summed E-state index contributed by atoms with van der Waals surface area (Å²) in [4.78, 5) is 11.8. The Hall–Kier alpha value is -1.58. The van der Waals surface area contributed by atoms with E-state index in [4.69, 9.17) is 0 Å². The Bertz CT molecular complexity index is 384. The number of carbonyl (C=O) groups is 1. The van der Waals surface area contributed by atoms with E-state index in [0.717, 1.165) is 12.5 Å². The summed E-state index contributed by atoms with van der Waals surface area (Å²) in [5, 5.41) is 12.2. The highest BCUT2D eigenvalue weighted by atomic mass is 19.1. The van der Waals surface area contributed by atoms with Crippen molar-refractivity contribution in [3.05, 3.63) is 29.6 Å². The number of nitrogens with one attached hydrogen (secondary N) is 1.